The van der Waals surface area contributed by atoms with Gasteiger partial charge in [0.15, 0.2) is 6.33 Å². The minimum Gasteiger partial charge on any atom is -0.477 e. The first kappa shape index (κ1) is 20.8. The number of aliphatic carboxylic acids is 1. The summed E-state index contributed by atoms with van der Waals surface area (Å²) in [4.78, 5) is 42.3. The number of hydrogen-bond acceptors (Lipinski definition) is 8. The SMILES string of the molecule is C[C@H]([C@H]1C(=O)N2C(C(=O)O)=C(SC3CNC(C(=O)N(C)C)C3)[C@H](C)[C@H]12)n1ncnn1. The van der Waals surface area contributed by atoms with E-state index in [0.717, 1.165) is 0 Å². The third kappa shape index (κ3) is 3.18. The molecule has 0 aromatic carbocycles. The van der Waals surface area contributed by atoms with E-state index in [9.17, 15) is 19.5 Å². The highest BCUT2D eigenvalue weighted by Crippen LogP contribution is 2.53. The first-order valence-corrected chi connectivity index (χ1v) is 10.7. The standard InChI is InChI=1S/C18H25N7O4S/c1-8-13-12(9(2)25-21-7-20-22-25)17(27)24(13)14(18(28)29)15(8)30-10-5-11(19-6-10)16(26)23(3)4/h7-13,19H,5-6H2,1-4H3,(H,28,29)/t8-,9-,10?,11?,12-,13-/m1/s1. The second kappa shape index (κ2) is 7.65. The van der Waals surface area contributed by atoms with Crippen molar-refractivity contribution < 1.29 is 19.5 Å². The number of hydrogen-bond donors (Lipinski definition) is 2. The second-order valence-electron chi connectivity index (χ2n) is 8.20. The molecule has 0 bridgehead atoms. The number of nitrogens with one attached hydrogen (secondary N) is 1. The summed E-state index contributed by atoms with van der Waals surface area (Å²) >= 11 is 1.47. The molecule has 162 valence electrons. The first-order chi connectivity index (χ1) is 14.2. The molecule has 6 atom stereocenters. The van der Waals surface area contributed by atoms with Crippen molar-refractivity contribution in [3.05, 3.63) is 16.9 Å². The molecule has 2 unspecified atom stereocenters. The molecule has 3 aliphatic rings. The van der Waals surface area contributed by atoms with Gasteiger partial charge >= 0.3 is 5.97 Å². The second-order valence-corrected chi connectivity index (χ2v) is 9.54. The van der Waals surface area contributed by atoms with E-state index in [1.54, 1.807) is 19.0 Å². The minimum absolute atomic E-state index is 0.0122. The monoisotopic (exact) mass is 435 g/mol. The van der Waals surface area contributed by atoms with Crippen LogP contribution in [0.25, 0.3) is 0 Å². The van der Waals surface area contributed by atoms with Crippen molar-refractivity contribution in [3.8, 4) is 0 Å². The fourth-order valence-corrected chi connectivity index (χ4v) is 6.14. The van der Waals surface area contributed by atoms with E-state index in [1.807, 2.05) is 13.8 Å². The highest BCUT2D eigenvalue weighted by atomic mass is 32.2. The highest BCUT2D eigenvalue weighted by molar-refractivity contribution is 8.03. The van der Waals surface area contributed by atoms with Gasteiger partial charge in [0.25, 0.3) is 0 Å². The van der Waals surface area contributed by atoms with Crippen molar-refractivity contribution in [2.75, 3.05) is 20.6 Å². The summed E-state index contributed by atoms with van der Waals surface area (Å²) in [6.45, 7) is 4.42. The number of likely N-dealkylation sites (N-methyl/N-ethyl adjacent to an activating group) is 1. The van der Waals surface area contributed by atoms with E-state index < -0.39 is 11.9 Å². The molecule has 11 nitrogen and oxygen atoms in total. The number of nitrogens with zero attached hydrogens (tertiary/aromatic N) is 6. The number of carboxylic acids is 1. The largest absolute Gasteiger partial charge is 0.477 e. The van der Waals surface area contributed by atoms with Crippen LogP contribution in [0.3, 0.4) is 0 Å². The van der Waals surface area contributed by atoms with Gasteiger partial charge in [0.1, 0.15) is 5.70 Å². The molecule has 0 saturated carbocycles. The Balaban J connectivity index is 1.53. The molecule has 1 aromatic rings. The lowest BCUT2D eigenvalue weighted by Crippen LogP contribution is -2.62. The lowest BCUT2D eigenvalue weighted by Gasteiger charge is -2.47. The maximum absolute atomic E-state index is 12.9. The average molecular weight is 436 g/mol. The Kier molecular flexibility index (Phi) is 5.30. The van der Waals surface area contributed by atoms with E-state index in [1.165, 1.54) is 27.8 Å². The number of carbonyl (C=O) groups excluding carboxylic acids is 2. The normalized spacial score (nSPS) is 31.5. The van der Waals surface area contributed by atoms with Crippen molar-refractivity contribution in [2.45, 2.75) is 43.6 Å². The molecule has 2 fully saturated rings. The van der Waals surface area contributed by atoms with Crippen molar-refractivity contribution in [1.82, 2.24) is 35.3 Å². The summed E-state index contributed by atoms with van der Waals surface area (Å²) in [5.74, 6) is -1.85. The van der Waals surface area contributed by atoms with Gasteiger partial charge in [0.2, 0.25) is 11.8 Å². The molecule has 4 rings (SSSR count). The Hall–Kier alpha value is -2.47. The molecule has 2 amide bonds. The van der Waals surface area contributed by atoms with Crippen LogP contribution < -0.4 is 5.32 Å². The van der Waals surface area contributed by atoms with Crippen LogP contribution in [0.2, 0.25) is 0 Å². The molecule has 2 saturated heterocycles. The number of rotatable bonds is 6. The van der Waals surface area contributed by atoms with Gasteiger partial charge in [0.05, 0.1) is 24.0 Å². The number of thioether (sulfide) groups is 1. The van der Waals surface area contributed by atoms with E-state index in [0.29, 0.717) is 17.9 Å². The smallest absolute Gasteiger partial charge is 0.353 e. The van der Waals surface area contributed by atoms with Crippen LogP contribution in [0.15, 0.2) is 16.9 Å². The van der Waals surface area contributed by atoms with Crippen molar-refractivity contribution in [3.63, 3.8) is 0 Å². The third-order valence-electron chi connectivity index (χ3n) is 6.16. The maximum Gasteiger partial charge on any atom is 0.353 e. The van der Waals surface area contributed by atoms with E-state index in [2.05, 4.69) is 20.7 Å². The molecule has 1 aromatic heterocycles. The average Bonchev–Trinajstić information content (AvgIpc) is 3.42. The van der Waals surface area contributed by atoms with Gasteiger partial charge < -0.3 is 20.2 Å². The van der Waals surface area contributed by atoms with Crippen LogP contribution in [0.4, 0.5) is 0 Å². The lowest BCUT2D eigenvalue weighted by atomic mass is 9.78. The number of tetrazole rings is 1. The Labute approximate surface area is 177 Å². The van der Waals surface area contributed by atoms with E-state index in [4.69, 9.17) is 0 Å². The van der Waals surface area contributed by atoms with Crippen molar-refractivity contribution in [2.24, 2.45) is 11.8 Å². The Morgan fingerprint density at radius 2 is 2.13 bits per heavy atom. The number of β-lactam (4-membered cyclic amide) rings is 1. The number of carboxylic acid groups (broad SMARTS) is 1. The van der Waals surface area contributed by atoms with Crippen LogP contribution in [0, 0.1) is 11.8 Å². The Bertz CT molecular complexity index is 902. The topological polar surface area (TPSA) is 134 Å². The number of aromatic nitrogens is 4. The number of carbonyl (C=O) groups is 3. The van der Waals surface area contributed by atoms with Gasteiger partial charge in [-0.15, -0.1) is 22.0 Å². The summed E-state index contributed by atoms with van der Waals surface area (Å²) in [6, 6.07) is -0.841. The zero-order valence-electron chi connectivity index (χ0n) is 17.2. The Morgan fingerprint density at radius 3 is 2.73 bits per heavy atom. The molecule has 3 aliphatic heterocycles. The summed E-state index contributed by atoms with van der Waals surface area (Å²) in [5.41, 5.74) is 0.0693. The zero-order valence-corrected chi connectivity index (χ0v) is 18.0. The van der Waals surface area contributed by atoms with Gasteiger partial charge in [-0.1, -0.05) is 6.92 Å². The molecule has 0 radical (unpaired) electrons. The molecule has 0 aliphatic carbocycles. The lowest BCUT2D eigenvalue weighted by molar-refractivity contribution is -0.159. The van der Waals surface area contributed by atoms with Crippen molar-refractivity contribution >= 4 is 29.5 Å². The molecular formula is C18H25N7O4S. The van der Waals surface area contributed by atoms with Gasteiger partial charge in [-0.25, -0.2) is 4.79 Å². The predicted octanol–water partition coefficient (Wildman–Crippen LogP) is -0.441. The van der Waals surface area contributed by atoms with Crippen LogP contribution in [-0.2, 0) is 14.4 Å². The molecule has 2 N–H and O–H groups in total. The number of amides is 2. The van der Waals surface area contributed by atoms with Crippen LogP contribution in [0.5, 0.6) is 0 Å². The minimum atomic E-state index is -1.10. The van der Waals surface area contributed by atoms with Crippen LogP contribution in [-0.4, -0.2) is 90.9 Å². The molecule has 4 heterocycles. The quantitative estimate of drug-likeness (QED) is 0.570. The van der Waals surface area contributed by atoms with Gasteiger partial charge in [-0.2, -0.15) is 4.80 Å². The van der Waals surface area contributed by atoms with E-state index >= 15 is 0 Å². The van der Waals surface area contributed by atoms with Gasteiger partial charge in [-0.05, 0) is 18.6 Å². The fourth-order valence-electron chi connectivity index (χ4n) is 4.66. The van der Waals surface area contributed by atoms with Crippen LogP contribution >= 0.6 is 11.8 Å². The van der Waals surface area contributed by atoms with Crippen molar-refractivity contribution in [1.29, 1.82) is 0 Å². The molecular weight excluding hydrogens is 410 g/mol. The molecule has 30 heavy (non-hydrogen) atoms. The molecule has 12 heteroatoms. The van der Waals surface area contributed by atoms with Gasteiger partial charge in [-0.3, -0.25) is 9.59 Å². The zero-order chi connectivity index (χ0) is 21.7. The van der Waals surface area contributed by atoms with Crippen LogP contribution in [0.1, 0.15) is 26.3 Å². The van der Waals surface area contributed by atoms with E-state index in [-0.39, 0.29) is 46.8 Å². The number of fused-ring (bicyclic) bond motifs is 1. The highest BCUT2D eigenvalue weighted by Gasteiger charge is 2.61. The first-order valence-electron chi connectivity index (χ1n) is 9.86. The Morgan fingerprint density at radius 1 is 1.40 bits per heavy atom. The van der Waals surface area contributed by atoms with Gasteiger partial charge in [0, 0.05) is 36.7 Å². The summed E-state index contributed by atoms with van der Waals surface area (Å²) in [5, 5.41) is 24.8. The summed E-state index contributed by atoms with van der Waals surface area (Å²) in [7, 11) is 3.44. The fraction of sp³-hybridized carbons (Fsp3) is 0.667. The summed E-state index contributed by atoms with van der Waals surface area (Å²) < 4.78 is 0. The maximum atomic E-state index is 12.9. The third-order valence-corrected chi connectivity index (χ3v) is 7.67. The molecule has 0 spiro atoms. The summed E-state index contributed by atoms with van der Waals surface area (Å²) in [6.07, 6.45) is 1.93. The predicted molar refractivity (Wildman–Crippen MR) is 107 cm³/mol.